The van der Waals surface area contributed by atoms with Crippen LogP contribution in [-0.4, -0.2) is 29.2 Å². The lowest BCUT2D eigenvalue weighted by Crippen LogP contribution is -2.29. The van der Waals surface area contributed by atoms with Gasteiger partial charge in [0.05, 0.1) is 19.9 Å². The highest BCUT2D eigenvalue weighted by Gasteiger charge is 2.33. The predicted octanol–water partition coefficient (Wildman–Crippen LogP) is 2.76. The van der Waals surface area contributed by atoms with Crippen molar-refractivity contribution in [2.45, 2.75) is 18.2 Å². The van der Waals surface area contributed by atoms with Gasteiger partial charge < -0.3 is 9.47 Å². The Morgan fingerprint density at radius 3 is 2.43 bits per heavy atom. The second-order valence-corrected chi connectivity index (χ2v) is 7.26. The molecule has 1 heterocycles. The maximum absolute atomic E-state index is 13.1. The van der Waals surface area contributed by atoms with E-state index in [1.807, 2.05) is 31.2 Å². The fraction of sp³-hybridized carbons (Fsp3) is 0.294. The zero-order valence-corrected chi connectivity index (χ0v) is 14.2. The molecule has 0 atom stereocenters. The third kappa shape index (κ3) is 2.53. The van der Waals surface area contributed by atoms with E-state index in [2.05, 4.69) is 0 Å². The first-order valence-corrected chi connectivity index (χ1v) is 8.76. The standard InChI is InChI=1S/C17H19NO4S/c1-12-10-16(22-3)17(11-15(12)21-2)23(19,20)18-9-8-13-6-4-5-7-14(13)18/h4-7,10-11H,8-9H2,1-3H3. The molecule has 0 aromatic heterocycles. The van der Waals surface area contributed by atoms with Crippen LogP contribution in [0.4, 0.5) is 5.69 Å². The first-order chi connectivity index (χ1) is 11.0. The first kappa shape index (κ1) is 15.7. The summed E-state index contributed by atoms with van der Waals surface area (Å²) in [5.74, 6) is 0.851. The van der Waals surface area contributed by atoms with Crippen LogP contribution in [0.5, 0.6) is 11.5 Å². The average molecular weight is 333 g/mol. The van der Waals surface area contributed by atoms with Gasteiger partial charge in [0.15, 0.2) is 0 Å². The molecule has 0 saturated heterocycles. The van der Waals surface area contributed by atoms with E-state index in [1.54, 1.807) is 6.07 Å². The summed E-state index contributed by atoms with van der Waals surface area (Å²) in [7, 11) is -0.721. The molecule has 0 N–H and O–H groups in total. The molecule has 1 aliphatic rings. The Morgan fingerprint density at radius 2 is 1.74 bits per heavy atom. The van der Waals surface area contributed by atoms with Crippen molar-refractivity contribution in [2.75, 3.05) is 25.1 Å². The van der Waals surface area contributed by atoms with Gasteiger partial charge in [-0.05, 0) is 36.6 Å². The van der Waals surface area contributed by atoms with E-state index >= 15 is 0 Å². The summed E-state index contributed by atoms with van der Waals surface area (Å²) < 4.78 is 38.3. The number of para-hydroxylation sites is 1. The smallest absolute Gasteiger partial charge is 0.268 e. The highest BCUT2D eigenvalue weighted by Crippen LogP contribution is 2.38. The molecule has 2 aromatic rings. The Morgan fingerprint density at radius 1 is 1.04 bits per heavy atom. The minimum atomic E-state index is -3.72. The molecule has 5 nitrogen and oxygen atoms in total. The highest BCUT2D eigenvalue weighted by molar-refractivity contribution is 7.93. The van der Waals surface area contributed by atoms with Gasteiger partial charge >= 0.3 is 0 Å². The summed E-state index contributed by atoms with van der Waals surface area (Å²) in [6, 6.07) is 10.8. The van der Waals surface area contributed by atoms with Gasteiger partial charge in [0.25, 0.3) is 10.0 Å². The van der Waals surface area contributed by atoms with Gasteiger partial charge in [0.2, 0.25) is 0 Å². The predicted molar refractivity (Wildman–Crippen MR) is 89.0 cm³/mol. The molecule has 0 bridgehead atoms. The van der Waals surface area contributed by atoms with E-state index < -0.39 is 10.0 Å². The Balaban J connectivity index is 2.14. The summed E-state index contributed by atoms with van der Waals surface area (Å²) in [5, 5.41) is 0. The number of anilines is 1. The van der Waals surface area contributed by atoms with Crippen LogP contribution >= 0.6 is 0 Å². The number of ether oxygens (including phenoxy) is 2. The molecule has 2 aromatic carbocycles. The van der Waals surface area contributed by atoms with E-state index in [0.717, 1.165) is 16.8 Å². The molecule has 6 heteroatoms. The normalized spacial score (nSPS) is 13.8. The quantitative estimate of drug-likeness (QED) is 0.863. The van der Waals surface area contributed by atoms with E-state index in [-0.39, 0.29) is 4.90 Å². The molecule has 122 valence electrons. The summed E-state index contributed by atoms with van der Waals surface area (Å²) in [6.07, 6.45) is 0.709. The molecular formula is C17H19NO4S. The third-order valence-corrected chi connectivity index (χ3v) is 5.93. The van der Waals surface area contributed by atoms with Crippen molar-refractivity contribution in [2.24, 2.45) is 0 Å². The molecule has 0 fully saturated rings. The van der Waals surface area contributed by atoms with Gasteiger partial charge in [-0.2, -0.15) is 0 Å². The van der Waals surface area contributed by atoms with Crippen LogP contribution in [-0.2, 0) is 16.4 Å². The number of sulfonamides is 1. The van der Waals surface area contributed by atoms with Crippen LogP contribution in [0.25, 0.3) is 0 Å². The van der Waals surface area contributed by atoms with Crippen LogP contribution < -0.4 is 13.8 Å². The van der Waals surface area contributed by atoms with Gasteiger partial charge in [0.1, 0.15) is 16.4 Å². The van der Waals surface area contributed by atoms with Gasteiger partial charge in [-0.25, -0.2) is 8.42 Å². The summed E-state index contributed by atoms with van der Waals surface area (Å²) in [5.41, 5.74) is 2.59. The van der Waals surface area contributed by atoms with Crippen molar-refractivity contribution >= 4 is 15.7 Å². The maximum atomic E-state index is 13.1. The van der Waals surface area contributed by atoms with Crippen molar-refractivity contribution in [3.05, 3.63) is 47.5 Å². The highest BCUT2D eigenvalue weighted by atomic mass is 32.2. The summed E-state index contributed by atoms with van der Waals surface area (Å²) >= 11 is 0. The summed E-state index contributed by atoms with van der Waals surface area (Å²) in [6.45, 7) is 2.28. The minimum absolute atomic E-state index is 0.124. The van der Waals surface area contributed by atoms with Crippen LogP contribution in [0.15, 0.2) is 41.3 Å². The molecule has 3 rings (SSSR count). The van der Waals surface area contributed by atoms with E-state index in [9.17, 15) is 8.42 Å². The number of nitrogens with zero attached hydrogens (tertiary/aromatic N) is 1. The molecule has 23 heavy (non-hydrogen) atoms. The van der Waals surface area contributed by atoms with Gasteiger partial charge in [0, 0.05) is 12.6 Å². The first-order valence-electron chi connectivity index (χ1n) is 7.32. The van der Waals surface area contributed by atoms with Crippen molar-refractivity contribution in [1.29, 1.82) is 0 Å². The number of benzene rings is 2. The number of methoxy groups -OCH3 is 2. The fourth-order valence-corrected chi connectivity index (χ4v) is 4.56. The van der Waals surface area contributed by atoms with Crippen molar-refractivity contribution in [3.8, 4) is 11.5 Å². The van der Waals surface area contributed by atoms with Gasteiger partial charge in [-0.1, -0.05) is 18.2 Å². The summed E-state index contributed by atoms with van der Waals surface area (Å²) in [4.78, 5) is 0.124. The van der Waals surface area contributed by atoms with E-state index in [4.69, 9.17) is 9.47 Å². The van der Waals surface area contributed by atoms with Crippen LogP contribution in [0.1, 0.15) is 11.1 Å². The van der Waals surface area contributed by atoms with Crippen LogP contribution in [0.2, 0.25) is 0 Å². The average Bonchev–Trinajstić information content (AvgIpc) is 2.99. The fourth-order valence-electron chi connectivity index (χ4n) is 2.90. The molecule has 0 radical (unpaired) electrons. The number of rotatable bonds is 4. The SMILES string of the molecule is COc1cc(S(=O)(=O)N2CCc3ccccc32)c(OC)cc1C. The largest absolute Gasteiger partial charge is 0.496 e. The van der Waals surface area contributed by atoms with Crippen molar-refractivity contribution in [3.63, 3.8) is 0 Å². The Hall–Kier alpha value is -2.21. The molecule has 0 unspecified atom stereocenters. The molecule has 0 spiro atoms. The van der Waals surface area contributed by atoms with Crippen LogP contribution in [0.3, 0.4) is 0 Å². The Bertz CT molecular complexity index is 846. The zero-order valence-electron chi connectivity index (χ0n) is 13.4. The number of hydrogen-bond donors (Lipinski definition) is 0. The molecule has 0 saturated carbocycles. The minimum Gasteiger partial charge on any atom is -0.496 e. The molecular weight excluding hydrogens is 314 g/mol. The third-order valence-electron chi connectivity index (χ3n) is 4.09. The Labute approximate surface area is 136 Å². The second kappa shape index (κ2) is 5.77. The Kier molecular flexibility index (Phi) is 3.93. The van der Waals surface area contributed by atoms with Gasteiger partial charge in [-0.3, -0.25) is 4.31 Å². The molecule has 1 aliphatic heterocycles. The van der Waals surface area contributed by atoms with E-state index in [1.165, 1.54) is 24.6 Å². The van der Waals surface area contributed by atoms with Crippen molar-refractivity contribution < 1.29 is 17.9 Å². The number of aryl methyl sites for hydroxylation is 1. The van der Waals surface area contributed by atoms with E-state index in [0.29, 0.717) is 24.5 Å². The topological polar surface area (TPSA) is 55.8 Å². The van der Waals surface area contributed by atoms with Crippen molar-refractivity contribution in [1.82, 2.24) is 0 Å². The maximum Gasteiger partial charge on any atom is 0.268 e. The van der Waals surface area contributed by atoms with Crippen LogP contribution in [0, 0.1) is 6.92 Å². The monoisotopic (exact) mass is 333 g/mol. The number of fused-ring (bicyclic) bond motifs is 1. The lowest BCUT2D eigenvalue weighted by atomic mass is 10.2. The second-order valence-electron chi connectivity index (χ2n) is 5.43. The molecule has 0 aliphatic carbocycles. The zero-order chi connectivity index (χ0) is 16.6. The number of hydrogen-bond acceptors (Lipinski definition) is 4. The molecule has 0 amide bonds. The van der Waals surface area contributed by atoms with Gasteiger partial charge in [-0.15, -0.1) is 0 Å². The lowest BCUT2D eigenvalue weighted by molar-refractivity contribution is 0.390. The lowest BCUT2D eigenvalue weighted by Gasteiger charge is -2.22.